The quantitative estimate of drug-likeness (QED) is 0.653. The summed E-state index contributed by atoms with van der Waals surface area (Å²) in [6.07, 6.45) is 2.34. The zero-order valence-electron chi connectivity index (χ0n) is 11.8. The van der Waals surface area contributed by atoms with Crippen LogP contribution in [0.2, 0.25) is 0 Å². The Morgan fingerprint density at radius 3 is 2.62 bits per heavy atom. The predicted molar refractivity (Wildman–Crippen MR) is 83.7 cm³/mol. The van der Waals surface area contributed by atoms with Crippen LogP contribution in [0.4, 0.5) is 10.5 Å². The van der Waals surface area contributed by atoms with E-state index in [1.54, 1.807) is 19.2 Å². The minimum absolute atomic E-state index is 0.0419. The summed E-state index contributed by atoms with van der Waals surface area (Å²) < 4.78 is 0.688. The highest BCUT2D eigenvalue weighted by Crippen LogP contribution is 2.22. The molecular weight excluding hydrogens is 340 g/mol. The van der Waals surface area contributed by atoms with E-state index in [1.807, 2.05) is 0 Å². The zero-order chi connectivity index (χ0) is 15.8. The number of nitrogens with zero attached hydrogens (tertiary/aromatic N) is 1. The number of carboxylic acid groups (broad SMARTS) is 1. The molecule has 0 saturated carbocycles. The van der Waals surface area contributed by atoms with Gasteiger partial charge in [0.15, 0.2) is 0 Å². The summed E-state index contributed by atoms with van der Waals surface area (Å²) >= 11 is 3.25. The first kappa shape index (κ1) is 17.5. The summed E-state index contributed by atoms with van der Waals surface area (Å²) in [6, 6.07) is 4.24. The van der Waals surface area contributed by atoms with E-state index in [1.165, 1.54) is 11.0 Å². The molecule has 116 valence electrons. The van der Waals surface area contributed by atoms with Crippen LogP contribution in [0, 0.1) is 0 Å². The average molecular weight is 359 g/mol. The van der Waals surface area contributed by atoms with Crippen LogP contribution in [0.15, 0.2) is 22.7 Å². The van der Waals surface area contributed by atoms with Gasteiger partial charge in [0.1, 0.15) is 0 Å². The van der Waals surface area contributed by atoms with Crippen molar-refractivity contribution in [3.63, 3.8) is 0 Å². The highest BCUT2D eigenvalue weighted by atomic mass is 79.9. The molecule has 0 aliphatic carbocycles. The molecule has 3 N–H and O–H groups in total. The summed E-state index contributed by atoms with van der Waals surface area (Å²) in [6.45, 7) is 0.693. The summed E-state index contributed by atoms with van der Waals surface area (Å²) in [5.74, 6) is -1.09. The van der Waals surface area contributed by atoms with Crippen LogP contribution in [-0.4, -0.2) is 47.3 Å². The van der Waals surface area contributed by atoms with Crippen LogP contribution < -0.4 is 5.32 Å². The first-order chi connectivity index (χ1) is 9.95. The maximum Gasteiger partial charge on any atom is 0.337 e. The van der Waals surface area contributed by atoms with E-state index in [0.717, 1.165) is 12.8 Å². The van der Waals surface area contributed by atoms with Gasteiger partial charge >= 0.3 is 12.0 Å². The fourth-order valence-electron chi connectivity index (χ4n) is 1.76. The van der Waals surface area contributed by atoms with E-state index in [-0.39, 0.29) is 23.9 Å². The Bertz CT molecular complexity index is 508. The predicted octanol–water partition coefficient (Wildman–Crippen LogP) is 2.77. The summed E-state index contributed by atoms with van der Waals surface area (Å²) in [7, 11) is 1.65. The second-order valence-electron chi connectivity index (χ2n) is 4.63. The van der Waals surface area contributed by atoms with Gasteiger partial charge in [-0.1, -0.05) is 15.9 Å². The van der Waals surface area contributed by atoms with E-state index in [9.17, 15) is 9.59 Å². The van der Waals surface area contributed by atoms with Crippen molar-refractivity contribution in [3.05, 3.63) is 28.2 Å². The number of anilines is 1. The van der Waals surface area contributed by atoms with Gasteiger partial charge < -0.3 is 20.4 Å². The molecule has 0 aliphatic rings. The Morgan fingerprint density at radius 1 is 1.29 bits per heavy atom. The van der Waals surface area contributed by atoms with Crippen molar-refractivity contribution in [2.24, 2.45) is 0 Å². The Hall–Kier alpha value is -1.60. The van der Waals surface area contributed by atoms with Gasteiger partial charge in [0, 0.05) is 24.7 Å². The van der Waals surface area contributed by atoms with Gasteiger partial charge in [-0.15, -0.1) is 0 Å². The lowest BCUT2D eigenvalue weighted by Gasteiger charge is -2.18. The molecule has 0 saturated heterocycles. The lowest BCUT2D eigenvalue weighted by molar-refractivity contribution is 0.0698. The molecule has 7 heteroatoms. The largest absolute Gasteiger partial charge is 0.478 e. The van der Waals surface area contributed by atoms with E-state index in [2.05, 4.69) is 21.2 Å². The van der Waals surface area contributed by atoms with Crippen molar-refractivity contribution in [1.82, 2.24) is 4.90 Å². The highest BCUT2D eigenvalue weighted by molar-refractivity contribution is 9.10. The maximum absolute atomic E-state index is 12.0. The van der Waals surface area contributed by atoms with E-state index in [4.69, 9.17) is 10.2 Å². The molecular formula is C14H19BrN2O4. The molecule has 21 heavy (non-hydrogen) atoms. The lowest BCUT2D eigenvalue weighted by Crippen LogP contribution is -2.32. The Kier molecular flexibility index (Phi) is 7.18. The number of benzene rings is 1. The number of carbonyl (C=O) groups is 2. The molecule has 1 aromatic carbocycles. The van der Waals surface area contributed by atoms with Gasteiger partial charge in [0.05, 0.1) is 11.3 Å². The first-order valence-electron chi connectivity index (χ1n) is 6.61. The third-order valence-electron chi connectivity index (χ3n) is 2.95. The number of hydrogen-bond donors (Lipinski definition) is 3. The SMILES string of the molecule is CN(CCCCCO)C(=O)Nc1cc(Br)ccc1C(=O)O. The number of urea groups is 1. The normalized spacial score (nSPS) is 10.2. The van der Waals surface area contributed by atoms with Crippen molar-refractivity contribution in [1.29, 1.82) is 0 Å². The second kappa shape index (κ2) is 8.63. The lowest BCUT2D eigenvalue weighted by atomic mass is 10.2. The number of halogens is 1. The molecule has 0 unspecified atom stereocenters. The molecule has 0 aliphatic heterocycles. The van der Waals surface area contributed by atoms with Gasteiger partial charge in [0.2, 0.25) is 0 Å². The number of aliphatic hydroxyl groups excluding tert-OH is 1. The Labute approximate surface area is 131 Å². The Morgan fingerprint density at radius 2 is 2.00 bits per heavy atom. The number of rotatable bonds is 7. The number of hydrogen-bond acceptors (Lipinski definition) is 3. The van der Waals surface area contributed by atoms with Gasteiger partial charge in [-0.2, -0.15) is 0 Å². The number of aromatic carboxylic acids is 1. The highest BCUT2D eigenvalue weighted by Gasteiger charge is 2.15. The van der Waals surface area contributed by atoms with Crippen molar-refractivity contribution in [2.75, 3.05) is 25.5 Å². The number of aliphatic hydroxyl groups is 1. The summed E-state index contributed by atoms with van der Waals surface area (Å²) in [5.41, 5.74) is 0.296. The van der Waals surface area contributed by atoms with Gasteiger partial charge in [-0.3, -0.25) is 0 Å². The van der Waals surface area contributed by atoms with Crippen molar-refractivity contribution >= 4 is 33.6 Å². The maximum atomic E-state index is 12.0. The van der Waals surface area contributed by atoms with Crippen molar-refractivity contribution in [2.45, 2.75) is 19.3 Å². The van der Waals surface area contributed by atoms with Crippen LogP contribution >= 0.6 is 15.9 Å². The van der Waals surface area contributed by atoms with Crippen LogP contribution in [0.5, 0.6) is 0 Å². The van der Waals surface area contributed by atoms with Crippen LogP contribution in [0.3, 0.4) is 0 Å². The second-order valence-corrected chi connectivity index (χ2v) is 5.55. The number of carboxylic acids is 1. The molecule has 1 aromatic rings. The molecule has 0 radical (unpaired) electrons. The molecule has 0 spiro atoms. The Balaban J connectivity index is 2.65. The first-order valence-corrected chi connectivity index (χ1v) is 7.41. The van der Waals surface area contributed by atoms with Gasteiger partial charge in [-0.25, -0.2) is 9.59 Å². The molecule has 1 rings (SSSR count). The van der Waals surface area contributed by atoms with Crippen molar-refractivity contribution in [3.8, 4) is 0 Å². The fourth-order valence-corrected chi connectivity index (χ4v) is 2.12. The van der Waals surface area contributed by atoms with Crippen LogP contribution in [0.1, 0.15) is 29.6 Å². The number of amides is 2. The molecule has 6 nitrogen and oxygen atoms in total. The van der Waals surface area contributed by atoms with Crippen LogP contribution in [-0.2, 0) is 0 Å². The minimum Gasteiger partial charge on any atom is -0.478 e. The van der Waals surface area contributed by atoms with E-state index in [0.29, 0.717) is 17.4 Å². The number of carbonyl (C=O) groups excluding carboxylic acids is 1. The monoisotopic (exact) mass is 358 g/mol. The van der Waals surface area contributed by atoms with E-state index < -0.39 is 5.97 Å². The minimum atomic E-state index is -1.09. The molecule has 0 aromatic heterocycles. The van der Waals surface area contributed by atoms with Crippen molar-refractivity contribution < 1.29 is 19.8 Å². The zero-order valence-corrected chi connectivity index (χ0v) is 13.4. The van der Waals surface area contributed by atoms with Gasteiger partial charge in [-0.05, 0) is 37.5 Å². The number of unbranched alkanes of at least 4 members (excludes halogenated alkanes) is 2. The molecule has 0 atom stereocenters. The van der Waals surface area contributed by atoms with Gasteiger partial charge in [0.25, 0.3) is 0 Å². The average Bonchev–Trinajstić information content (AvgIpc) is 2.43. The third-order valence-corrected chi connectivity index (χ3v) is 3.45. The summed E-state index contributed by atoms with van der Waals surface area (Å²) in [4.78, 5) is 24.6. The topological polar surface area (TPSA) is 89.9 Å². The smallest absolute Gasteiger partial charge is 0.337 e. The number of nitrogens with one attached hydrogen (secondary N) is 1. The summed E-state index contributed by atoms with van der Waals surface area (Å²) in [5, 5.41) is 20.4. The molecule has 2 amide bonds. The molecule has 0 heterocycles. The fraction of sp³-hybridized carbons (Fsp3) is 0.429. The standard InChI is InChI=1S/C14H19BrN2O4/c1-17(7-3-2-4-8-18)14(21)16-12-9-10(15)5-6-11(12)13(19)20/h5-6,9,18H,2-4,7-8H2,1H3,(H,16,21)(H,19,20). The molecule has 0 fully saturated rings. The third kappa shape index (κ3) is 5.73. The van der Waals surface area contributed by atoms with Crippen LogP contribution in [0.25, 0.3) is 0 Å². The van der Waals surface area contributed by atoms with E-state index >= 15 is 0 Å². The molecule has 0 bridgehead atoms.